The van der Waals surface area contributed by atoms with Gasteiger partial charge >= 0.3 is 19.8 Å². The van der Waals surface area contributed by atoms with Gasteiger partial charge in [-0.05, 0) is 51.4 Å². The summed E-state index contributed by atoms with van der Waals surface area (Å²) in [5.41, 5.74) is 5.36. The number of rotatable bonds is 52. The minimum absolute atomic E-state index is 0.0462. The molecule has 0 heterocycles. The smallest absolute Gasteiger partial charge is 0.462 e. The minimum atomic E-state index is -4.39. The number of phosphoric ester groups is 1. The summed E-state index contributed by atoms with van der Waals surface area (Å²) < 4.78 is 32.9. The van der Waals surface area contributed by atoms with E-state index in [-0.39, 0.29) is 38.6 Å². The van der Waals surface area contributed by atoms with E-state index in [1.54, 1.807) is 0 Å². The number of esters is 2. The summed E-state index contributed by atoms with van der Waals surface area (Å²) in [4.78, 5) is 35.0. The fourth-order valence-electron chi connectivity index (χ4n) is 7.92. The van der Waals surface area contributed by atoms with Crippen molar-refractivity contribution in [2.75, 3.05) is 26.4 Å². The molecule has 0 aliphatic carbocycles. The average Bonchev–Trinajstić information content (AvgIpc) is 3.31. The van der Waals surface area contributed by atoms with Gasteiger partial charge in [-0.25, -0.2) is 4.57 Å². The maximum absolute atomic E-state index is 12.6. The molecule has 0 aliphatic heterocycles. The summed E-state index contributed by atoms with van der Waals surface area (Å²) in [6.45, 7) is 3.61. The third-order valence-electron chi connectivity index (χ3n) is 12.0. The Kier molecular flexibility index (Phi) is 50.7. The van der Waals surface area contributed by atoms with Gasteiger partial charge in [-0.3, -0.25) is 18.6 Å². The number of nitrogens with two attached hydrogens (primary N) is 1. The van der Waals surface area contributed by atoms with E-state index in [0.29, 0.717) is 6.42 Å². The van der Waals surface area contributed by atoms with Gasteiger partial charge in [0.2, 0.25) is 0 Å². The van der Waals surface area contributed by atoms with Gasteiger partial charge in [0.15, 0.2) is 6.10 Å². The number of unbranched alkanes of at least 4 members (excludes halogenated alkanes) is 31. The molecular formula is C56H104NO8P. The van der Waals surface area contributed by atoms with Gasteiger partial charge in [0.05, 0.1) is 13.2 Å². The molecule has 2 unspecified atom stereocenters. The van der Waals surface area contributed by atoms with Crippen LogP contribution in [-0.2, 0) is 32.7 Å². The molecule has 9 nitrogen and oxygen atoms in total. The van der Waals surface area contributed by atoms with E-state index in [9.17, 15) is 19.0 Å². The lowest BCUT2D eigenvalue weighted by molar-refractivity contribution is -0.161. The second-order valence-electron chi connectivity index (χ2n) is 18.4. The molecule has 0 radical (unpaired) electrons. The molecule has 0 saturated carbocycles. The highest BCUT2D eigenvalue weighted by atomic mass is 31.2. The van der Waals surface area contributed by atoms with Gasteiger partial charge < -0.3 is 20.1 Å². The SMILES string of the molecule is CC/C=C\C/C=C\C/C=C\C/C=C\CCCCC(=O)OC(COC(=O)CCCCCCCCCCCCCCCCCCCCCCCCCCCCCCCC)COP(=O)(O)OCCN. The second-order valence-corrected chi connectivity index (χ2v) is 19.9. The van der Waals surface area contributed by atoms with E-state index in [1.807, 2.05) is 0 Å². The summed E-state index contributed by atoms with van der Waals surface area (Å²) in [5.74, 6) is -0.868. The van der Waals surface area contributed by atoms with Crippen LogP contribution >= 0.6 is 7.82 Å². The predicted octanol–water partition coefficient (Wildman–Crippen LogP) is 17.0. The number of carbonyl (C=O) groups excluding carboxylic acids is 2. The van der Waals surface area contributed by atoms with Crippen LogP contribution < -0.4 is 5.73 Å². The first kappa shape index (κ1) is 64.0. The number of ether oxygens (including phenoxy) is 2. The molecule has 0 aromatic rings. The van der Waals surface area contributed by atoms with Gasteiger partial charge in [-0.2, -0.15) is 0 Å². The van der Waals surface area contributed by atoms with E-state index in [1.165, 1.54) is 173 Å². The van der Waals surface area contributed by atoms with Crippen molar-refractivity contribution in [3.05, 3.63) is 48.6 Å². The third kappa shape index (κ3) is 51.4. The normalized spacial score (nSPS) is 13.5. The van der Waals surface area contributed by atoms with Crippen LogP contribution in [0.15, 0.2) is 48.6 Å². The van der Waals surface area contributed by atoms with Crippen LogP contribution in [0.3, 0.4) is 0 Å². The largest absolute Gasteiger partial charge is 0.472 e. The van der Waals surface area contributed by atoms with Gasteiger partial charge in [0.1, 0.15) is 6.61 Å². The Morgan fingerprint density at radius 1 is 0.470 bits per heavy atom. The Morgan fingerprint density at radius 2 is 0.833 bits per heavy atom. The molecular weight excluding hydrogens is 846 g/mol. The molecule has 0 rings (SSSR count). The highest BCUT2D eigenvalue weighted by molar-refractivity contribution is 7.47. The molecule has 0 aliphatic rings. The molecule has 0 fully saturated rings. The minimum Gasteiger partial charge on any atom is -0.462 e. The highest BCUT2D eigenvalue weighted by Crippen LogP contribution is 2.43. The third-order valence-corrected chi connectivity index (χ3v) is 13.0. The molecule has 3 N–H and O–H groups in total. The number of allylic oxidation sites excluding steroid dienone is 8. The average molecular weight is 950 g/mol. The van der Waals surface area contributed by atoms with Gasteiger partial charge in [-0.15, -0.1) is 0 Å². The Balaban J connectivity index is 3.89. The van der Waals surface area contributed by atoms with Crippen molar-refractivity contribution in [2.45, 2.75) is 270 Å². The van der Waals surface area contributed by atoms with E-state index in [2.05, 4.69) is 62.5 Å². The maximum Gasteiger partial charge on any atom is 0.472 e. The zero-order valence-electron chi connectivity index (χ0n) is 42.9. The van der Waals surface area contributed by atoms with E-state index < -0.39 is 26.5 Å². The van der Waals surface area contributed by atoms with Crippen molar-refractivity contribution in [1.82, 2.24) is 0 Å². The number of carbonyl (C=O) groups is 2. The molecule has 386 valence electrons. The van der Waals surface area contributed by atoms with Crippen molar-refractivity contribution >= 4 is 19.8 Å². The quantitative estimate of drug-likeness (QED) is 0.0264. The first-order valence-electron chi connectivity index (χ1n) is 27.6. The Morgan fingerprint density at radius 3 is 1.24 bits per heavy atom. The van der Waals surface area contributed by atoms with Crippen LogP contribution in [0.1, 0.15) is 264 Å². The molecule has 0 spiro atoms. The molecule has 0 amide bonds. The molecule has 10 heteroatoms. The summed E-state index contributed by atoms with van der Waals surface area (Å²) in [6, 6.07) is 0. The lowest BCUT2D eigenvalue weighted by atomic mass is 10.0. The molecule has 0 aromatic heterocycles. The van der Waals surface area contributed by atoms with Crippen molar-refractivity contribution < 1.29 is 37.6 Å². The summed E-state index contributed by atoms with van der Waals surface area (Å²) in [7, 11) is -4.39. The van der Waals surface area contributed by atoms with Crippen LogP contribution in [0.4, 0.5) is 0 Å². The van der Waals surface area contributed by atoms with Crippen molar-refractivity contribution in [3.8, 4) is 0 Å². The first-order valence-corrected chi connectivity index (χ1v) is 29.1. The fourth-order valence-corrected chi connectivity index (χ4v) is 8.69. The van der Waals surface area contributed by atoms with Crippen molar-refractivity contribution in [1.29, 1.82) is 0 Å². The highest BCUT2D eigenvalue weighted by Gasteiger charge is 2.26. The van der Waals surface area contributed by atoms with Crippen LogP contribution in [-0.4, -0.2) is 49.3 Å². The Labute approximate surface area is 407 Å². The zero-order chi connectivity index (χ0) is 48.1. The van der Waals surface area contributed by atoms with Crippen LogP contribution in [0.5, 0.6) is 0 Å². The van der Waals surface area contributed by atoms with Gasteiger partial charge in [0.25, 0.3) is 0 Å². The lowest BCUT2D eigenvalue weighted by Crippen LogP contribution is -2.29. The maximum atomic E-state index is 12.6. The van der Waals surface area contributed by atoms with E-state index >= 15 is 0 Å². The standard InChI is InChI=1S/C56H104NO8P/c1-3-5-7-9-11-13-15-17-19-20-21-22-23-24-25-26-27-28-29-30-31-32-33-35-36-38-40-42-44-46-48-55(58)62-52-54(53-64-66(60,61)63-51-50-57)65-56(59)49-47-45-43-41-39-37-34-18-16-14-12-10-8-6-4-2/h6,8,12,14,18,34,39,41,54H,3-5,7,9-11,13,15-17,19-33,35-38,40,42-53,57H2,1-2H3,(H,60,61)/b8-6-,14-12-,34-18-,41-39-. The van der Waals surface area contributed by atoms with Crippen LogP contribution in [0.25, 0.3) is 0 Å². The van der Waals surface area contributed by atoms with Gasteiger partial charge in [0, 0.05) is 19.4 Å². The van der Waals surface area contributed by atoms with Crippen LogP contribution in [0.2, 0.25) is 0 Å². The predicted molar refractivity (Wildman–Crippen MR) is 280 cm³/mol. The number of hydrogen-bond donors (Lipinski definition) is 2. The molecule has 0 saturated heterocycles. The molecule has 66 heavy (non-hydrogen) atoms. The summed E-state index contributed by atoms with van der Waals surface area (Å²) in [5, 5.41) is 0. The first-order chi connectivity index (χ1) is 32.3. The zero-order valence-corrected chi connectivity index (χ0v) is 43.8. The van der Waals surface area contributed by atoms with E-state index in [4.69, 9.17) is 24.3 Å². The topological polar surface area (TPSA) is 134 Å². The Bertz CT molecular complexity index is 1220. The summed E-state index contributed by atoms with van der Waals surface area (Å²) >= 11 is 0. The molecule has 0 aromatic carbocycles. The lowest BCUT2D eigenvalue weighted by Gasteiger charge is -2.19. The number of hydrogen-bond acceptors (Lipinski definition) is 8. The monoisotopic (exact) mass is 950 g/mol. The van der Waals surface area contributed by atoms with E-state index in [0.717, 1.165) is 57.8 Å². The van der Waals surface area contributed by atoms with Gasteiger partial charge in [-0.1, -0.05) is 249 Å². The van der Waals surface area contributed by atoms with Crippen LogP contribution in [0, 0.1) is 0 Å². The van der Waals surface area contributed by atoms with Crippen molar-refractivity contribution in [3.63, 3.8) is 0 Å². The number of phosphoric acid groups is 1. The Hall–Kier alpha value is -2.03. The molecule has 2 atom stereocenters. The fraction of sp³-hybridized carbons (Fsp3) is 0.821. The second kappa shape index (κ2) is 52.3. The molecule has 0 bridgehead atoms. The summed E-state index contributed by atoms with van der Waals surface area (Å²) in [6.07, 6.45) is 63.4. The van der Waals surface area contributed by atoms with Crippen molar-refractivity contribution in [2.24, 2.45) is 5.73 Å².